The molecule has 0 atom stereocenters. The number of aromatic nitrogens is 4. The van der Waals surface area contributed by atoms with Crippen molar-refractivity contribution in [1.29, 1.82) is 0 Å². The van der Waals surface area contributed by atoms with Gasteiger partial charge in [-0.05, 0) is 79.6 Å². The van der Waals surface area contributed by atoms with Gasteiger partial charge in [-0.15, -0.1) is 0 Å². The SMILES string of the molecule is CCCCCCc1ccc(-c2ccnc(-c3cc(-c4ccc(CCCCCC)o4)ccn3)c2)o1.O=COc1ccnc(-c2cc(C(=O)O)ccn2)c1.[N-]=C=S.[N-]=C=S.[Ru+2]. The summed E-state index contributed by atoms with van der Waals surface area (Å²) in [4.78, 5) is 38.3. The van der Waals surface area contributed by atoms with Gasteiger partial charge in [0.05, 0.1) is 28.3 Å². The topological polar surface area (TPSA) is 186 Å². The standard InChI is InChI=1S/C30H36N2O2.C12H8N2O4.2CNS.Ru/c1-3-5-7-9-11-25-13-15-29(33-25)23-17-19-31-27(21-23)28-22-24(18-20-32-28)30-16-14-26(34-30)12-10-8-6-4-2;15-7-18-9-2-4-14-11(6-9)10-5-8(12(16)17)1-3-13-10;2*2-1-3;/h13-22H,3-12H2,1-2H3;1-7H,(H,16,17);;;/q;;2*-1;+2. The number of unbranched alkanes of at least 4 members (excludes halogenated alkanes) is 6. The number of hydrogen-bond donors (Lipinski definition) is 1. The molecule has 0 aromatic carbocycles. The van der Waals surface area contributed by atoms with Crippen LogP contribution >= 0.6 is 24.4 Å². The summed E-state index contributed by atoms with van der Waals surface area (Å²) in [6, 6.07) is 22.2. The minimum atomic E-state index is -1.04. The third kappa shape index (κ3) is 17.4. The first-order valence-electron chi connectivity index (χ1n) is 18.7. The molecule has 0 fully saturated rings. The van der Waals surface area contributed by atoms with Crippen LogP contribution in [0, 0.1) is 0 Å². The summed E-state index contributed by atoms with van der Waals surface area (Å²) in [7, 11) is 0. The number of carboxylic acid groups (broad SMARTS) is 1. The minimum Gasteiger partial charge on any atom is -0.753 e. The Hall–Kier alpha value is -5.68. The zero-order valence-electron chi connectivity index (χ0n) is 32.7. The van der Waals surface area contributed by atoms with E-state index in [1.54, 1.807) is 0 Å². The van der Waals surface area contributed by atoms with Crippen molar-refractivity contribution >= 4 is 47.2 Å². The van der Waals surface area contributed by atoms with Crippen LogP contribution in [0.25, 0.3) is 56.2 Å². The number of nitrogens with zero attached hydrogens (tertiary/aromatic N) is 6. The van der Waals surface area contributed by atoms with Crippen LogP contribution in [0.1, 0.15) is 87.1 Å². The molecule has 6 heterocycles. The first kappa shape index (κ1) is 49.5. The van der Waals surface area contributed by atoms with E-state index in [0.29, 0.717) is 23.6 Å². The number of aromatic carboxylic acids is 1. The molecule has 0 spiro atoms. The summed E-state index contributed by atoms with van der Waals surface area (Å²) in [5, 5.41) is 25.8. The number of isothiocyanates is 2. The van der Waals surface area contributed by atoms with Crippen LogP contribution < -0.4 is 4.74 Å². The van der Waals surface area contributed by atoms with Crippen molar-refractivity contribution in [3.8, 4) is 51.2 Å². The van der Waals surface area contributed by atoms with Crippen molar-refractivity contribution in [2.24, 2.45) is 0 Å². The smallest absolute Gasteiger partial charge is 0.753 e. The average molecular weight is 918 g/mol. The Morgan fingerprint density at radius 3 is 1.53 bits per heavy atom. The Labute approximate surface area is 367 Å². The second-order valence-corrected chi connectivity index (χ2v) is 12.9. The van der Waals surface area contributed by atoms with Gasteiger partial charge in [0.25, 0.3) is 6.47 Å². The summed E-state index contributed by atoms with van der Waals surface area (Å²) >= 11 is 7.40. The predicted octanol–water partition coefficient (Wildman–Crippen LogP) is 11.6. The Kier molecular flexibility index (Phi) is 24.0. The van der Waals surface area contributed by atoms with Crippen LogP contribution in [0.3, 0.4) is 0 Å². The molecular weight excluding hydrogens is 874 g/mol. The van der Waals surface area contributed by atoms with Gasteiger partial charge < -0.3 is 29.5 Å². The van der Waals surface area contributed by atoms with Gasteiger partial charge in [-0.25, -0.2) is 4.79 Å². The molecule has 0 saturated heterocycles. The van der Waals surface area contributed by atoms with Gasteiger partial charge in [-0.2, -0.15) is 10.3 Å². The van der Waals surface area contributed by atoms with Crippen molar-refractivity contribution < 1.29 is 47.7 Å². The summed E-state index contributed by atoms with van der Waals surface area (Å²) in [6.45, 7) is 4.77. The number of ether oxygens (including phenoxy) is 1. The first-order valence-corrected chi connectivity index (χ1v) is 19.5. The number of pyridine rings is 4. The summed E-state index contributed by atoms with van der Waals surface area (Å²) in [6.07, 6.45) is 18.4. The van der Waals surface area contributed by atoms with Crippen LogP contribution in [0.15, 0.2) is 106 Å². The van der Waals surface area contributed by atoms with Gasteiger partial charge >= 0.3 is 25.4 Å². The number of rotatable bonds is 17. The van der Waals surface area contributed by atoms with E-state index < -0.39 is 5.97 Å². The fourth-order valence-corrected chi connectivity index (χ4v) is 5.62. The number of carbonyl (C=O) groups excluding carboxylic acids is 1. The van der Waals surface area contributed by atoms with Crippen molar-refractivity contribution in [2.45, 2.75) is 78.1 Å². The average Bonchev–Trinajstić information content (AvgIpc) is 3.93. The molecule has 0 bridgehead atoms. The number of carboxylic acids is 1. The Morgan fingerprint density at radius 2 is 1.08 bits per heavy atom. The number of thiocarbonyl (C=S) groups is 2. The Bertz CT molecular complexity index is 2150. The molecule has 0 amide bonds. The molecule has 1 N–H and O–H groups in total. The molecule has 0 aliphatic heterocycles. The van der Waals surface area contributed by atoms with Crippen LogP contribution in [0.2, 0.25) is 0 Å². The monoisotopic (exact) mass is 918 g/mol. The molecule has 0 saturated carbocycles. The zero-order valence-corrected chi connectivity index (χ0v) is 36.1. The molecular formula is C44H44N6O6RuS2. The number of aryl methyl sites for hydroxylation is 2. The zero-order chi connectivity index (χ0) is 42.0. The van der Waals surface area contributed by atoms with Crippen LogP contribution in [0.4, 0.5) is 0 Å². The second kappa shape index (κ2) is 28.7. The molecule has 12 nitrogen and oxygen atoms in total. The molecule has 6 aromatic rings. The third-order valence-corrected chi connectivity index (χ3v) is 8.41. The van der Waals surface area contributed by atoms with E-state index in [-0.39, 0.29) is 25.0 Å². The number of furan rings is 2. The molecule has 0 unspecified atom stereocenters. The van der Waals surface area contributed by atoms with E-state index >= 15 is 0 Å². The minimum absolute atomic E-state index is 0. The van der Waals surface area contributed by atoms with Gasteiger partial charge in [0.1, 0.15) is 28.8 Å². The van der Waals surface area contributed by atoms with E-state index in [9.17, 15) is 9.59 Å². The van der Waals surface area contributed by atoms with E-state index in [1.807, 2.05) is 36.7 Å². The van der Waals surface area contributed by atoms with E-state index in [4.69, 9.17) is 24.8 Å². The fourth-order valence-electron chi connectivity index (χ4n) is 5.62. The summed E-state index contributed by atoms with van der Waals surface area (Å²) < 4.78 is 16.9. The van der Waals surface area contributed by atoms with Crippen LogP contribution in [-0.2, 0) is 37.1 Å². The maximum Gasteiger partial charge on any atom is 2.00 e. The molecule has 6 rings (SSSR count). The van der Waals surface area contributed by atoms with Gasteiger partial charge in [-0.3, -0.25) is 24.7 Å². The van der Waals surface area contributed by atoms with Crippen molar-refractivity contribution in [2.75, 3.05) is 0 Å². The van der Waals surface area contributed by atoms with Gasteiger partial charge in [0, 0.05) is 54.8 Å². The quantitative estimate of drug-likeness (QED) is 0.0300. The molecule has 59 heavy (non-hydrogen) atoms. The van der Waals surface area contributed by atoms with Crippen LogP contribution in [-0.4, -0.2) is 47.8 Å². The van der Waals surface area contributed by atoms with E-state index in [2.05, 4.69) is 87.2 Å². The molecule has 0 aliphatic carbocycles. The largest absolute Gasteiger partial charge is 2.00 e. The maximum absolute atomic E-state index is 10.8. The van der Waals surface area contributed by atoms with Gasteiger partial charge in [0.2, 0.25) is 0 Å². The molecule has 6 aromatic heterocycles. The van der Waals surface area contributed by atoms with Gasteiger partial charge in [0.15, 0.2) is 0 Å². The molecule has 0 aliphatic rings. The van der Waals surface area contributed by atoms with Crippen molar-refractivity contribution in [3.05, 3.63) is 125 Å². The fraction of sp³-hybridized carbons (Fsp3) is 0.273. The van der Waals surface area contributed by atoms with Crippen molar-refractivity contribution in [3.63, 3.8) is 0 Å². The van der Waals surface area contributed by atoms with E-state index in [1.165, 1.54) is 98.3 Å². The second-order valence-electron chi connectivity index (χ2n) is 12.5. The summed E-state index contributed by atoms with van der Waals surface area (Å²) in [5.74, 6) is 3.13. The normalized spacial score (nSPS) is 9.73. The number of carbonyl (C=O) groups is 2. The Balaban J connectivity index is 0.000000403. The first-order chi connectivity index (χ1) is 28.3. The van der Waals surface area contributed by atoms with Crippen molar-refractivity contribution in [1.82, 2.24) is 19.9 Å². The molecule has 306 valence electrons. The summed E-state index contributed by atoms with van der Waals surface area (Å²) in [5.41, 5.74) is 4.62. The van der Waals surface area contributed by atoms with Gasteiger partial charge in [-0.1, -0.05) is 76.8 Å². The molecule has 15 heteroatoms. The maximum atomic E-state index is 10.8. The van der Waals surface area contributed by atoms with E-state index in [0.717, 1.165) is 58.4 Å². The molecule has 0 radical (unpaired) electrons. The van der Waals surface area contributed by atoms with Crippen LogP contribution in [0.5, 0.6) is 5.75 Å². The number of hydrogen-bond acceptors (Lipinski definition) is 11. The Morgan fingerprint density at radius 1 is 0.661 bits per heavy atom. The third-order valence-electron chi connectivity index (χ3n) is 8.41. The predicted molar refractivity (Wildman–Crippen MR) is 232 cm³/mol.